The molecular formula is C21H22N2O6. The van der Waals surface area contributed by atoms with Gasteiger partial charge in [0.25, 0.3) is 0 Å². The average Bonchev–Trinajstić information content (AvgIpc) is 3.02. The number of aromatic nitrogens is 1. The van der Waals surface area contributed by atoms with Crippen molar-refractivity contribution in [2.45, 2.75) is 26.8 Å². The van der Waals surface area contributed by atoms with Crippen molar-refractivity contribution < 1.29 is 28.6 Å². The van der Waals surface area contributed by atoms with Gasteiger partial charge in [0.2, 0.25) is 5.78 Å². The minimum atomic E-state index is -0.679. The zero-order chi connectivity index (χ0) is 21.4. The third-order valence-corrected chi connectivity index (χ3v) is 4.35. The maximum Gasteiger partial charge on any atom is 0.344 e. The molecular weight excluding hydrogens is 376 g/mol. The van der Waals surface area contributed by atoms with E-state index in [1.165, 1.54) is 7.11 Å². The van der Waals surface area contributed by atoms with Crippen LogP contribution in [0.25, 0.3) is 0 Å². The molecule has 0 aliphatic rings. The van der Waals surface area contributed by atoms with Gasteiger partial charge in [0.15, 0.2) is 13.2 Å². The number of hydrogen-bond donors (Lipinski definition) is 0. The van der Waals surface area contributed by atoms with E-state index in [1.807, 2.05) is 17.6 Å². The van der Waals surface area contributed by atoms with Gasteiger partial charge in [-0.25, -0.2) is 4.79 Å². The third-order valence-electron chi connectivity index (χ3n) is 4.35. The van der Waals surface area contributed by atoms with E-state index in [-0.39, 0.29) is 24.8 Å². The molecule has 0 amide bonds. The van der Waals surface area contributed by atoms with Crippen LogP contribution in [0.5, 0.6) is 5.75 Å². The number of carbonyl (C=O) groups is 3. The fourth-order valence-corrected chi connectivity index (χ4v) is 2.77. The second-order valence-electron chi connectivity index (χ2n) is 6.27. The van der Waals surface area contributed by atoms with Crippen LogP contribution in [0.1, 0.15) is 33.7 Å². The normalized spacial score (nSPS) is 10.1. The standard InChI is InChI=1S/C21H22N2O6/c1-14-10-18(15(2)23(14)9-8-20(25)27-3)19(24)12-29-21(26)13-28-17-6-4-16(11-22)5-7-17/h4-7,10H,8-9,12-13H2,1-3H3. The van der Waals surface area contributed by atoms with Gasteiger partial charge in [-0.2, -0.15) is 5.26 Å². The summed E-state index contributed by atoms with van der Waals surface area (Å²) in [6.07, 6.45) is 0.197. The number of hydrogen-bond acceptors (Lipinski definition) is 7. The predicted molar refractivity (Wildman–Crippen MR) is 102 cm³/mol. The highest BCUT2D eigenvalue weighted by molar-refractivity contribution is 5.99. The van der Waals surface area contributed by atoms with Gasteiger partial charge in [-0.1, -0.05) is 0 Å². The van der Waals surface area contributed by atoms with E-state index < -0.39 is 12.6 Å². The fraction of sp³-hybridized carbons (Fsp3) is 0.333. The Bertz CT molecular complexity index is 937. The quantitative estimate of drug-likeness (QED) is 0.471. The van der Waals surface area contributed by atoms with E-state index >= 15 is 0 Å². The van der Waals surface area contributed by atoms with Crippen LogP contribution in [0.2, 0.25) is 0 Å². The highest BCUT2D eigenvalue weighted by Gasteiger charge is 2.18. The van der Waals surface area contributed by atoms with E-state index in [4.69, 9.17) is 14.7 Å². The van der Waals surface area contributed by atoms with Crippen LogP contribution in [0.4, 0.5) is 0 Å². The zero-order valence-corrected chi connectivity index (χ0v) is 16.6. The maximum atomic E-state index is 12.4. The molecule has 0 saturated heterocycles. The molecule has 1 aromatic heterocycles. The van der Waals surface area contributed by atoms with E-state index in [2.05, 4.69) is 4.74 Å². The second kappa shape index (κ2) is 10.1. The van der Waals surface area contributed by atoms with Crippen molar-refractivity contribution in [3.05, 3.63) is 52.8 Å². The lowest BCUT2D eigenvalue weighted by molar-refractivity contribution is -0.145. The first-order valence-electron chi connectivity index (χ1n) is 8.91. The number of ketones is 1. The number of carbonyl (C=O) groups excluding carboxylic acids is 3. The average molecular weight is 398 g/mol. The van der Waals surface area contributed by atoms with Crippen molar-refractivity contribution in [3.8, 4) is 11.8 Å². The summed E-state index contributed by atoms with van der Waals surface area (Å²) in [5, 5.41) is 8.75. The van der Waals surface area contributed by atoms with Crippen molar-refractivity contribution in [2.75, 3.05) is 20.3 Å². The Kier molecular flexibility index (Phi) is 7.54. The lowest BCUT2D eigenvalue weighted by Gasteiger charge is -2.09. The van der Waals surface area contributed by atoms with E-state index in [0.29, 0.717) is 29.1 Å². The number of rotatable bonds is 9. The van der Waals surface area contributed by atoms with Gasteiger partial charge >= 0.3 is 11.9 Å². The van der Waals surface area contributed by atoms with Crippen molar-refractivity contribution in [3.63, 3.8) is 0 Å². The maximum absolute atomic E-state index is 12.4. The Morgan fingerprint density at radius 1 is 1.07 bits per heavy atom. The zero-order valence-electron chi connectivity index (χ0n) is 16.6. The molecule has 152 valence electrons. The highest BCUT2D eigenvalue weighted by atomic mass is 16.6. The third kappa shape index (κ3) is 5.94. The minimum Gasteiger partial charge on any atom is -0.482 e. The molecule has 0 bridgehead atoms. The van der Waals surface area contributed by atoms with Gasteiger partial charge in [0, 0.05) is 23.5 Å². The number of nitriles is 1. The molecule has 0 aliphatic heterocycles. The van der Waals surface area contributed by atoms with Crippen molar-refractivity contribution in [2.24, 2.45) is 0 Å². The summed E-state index contributed by atoms with van der Waals surface area (Å²) in [6.45, 7) is 3.25. The molecule has 2 aromatic rings. The summed E-state index contributed by atoms with van der Waals surface area (Å²) in [5.41, 5.74) is 2.44. The number of aryl methyl sites for hydroxylation is 1. The van der Waals surface area contributed by atoms with E-state index in [9.17, 15) is 14.4 Å². The van der Waals surface area contributed by atoms with Crippen molar-refractivity contribution in [1.82, 2.24) is 4.57 Å². The van der Waals surface area contributed by atoms with Crippen LogP contribution >= 0.6 is 0 Å². The van der Waals surface area contributed by atoms with Crippen LogP contribution in [0, 0.1) is 25.2 Å². The van der Waals surface area contributed by atoms with E-state index in [1.54, 1.807) is 37.3 Å². The lowest BCUT2D eigenvalue weighted by atomic mass is 10.1. The summed E-state index contributed by atoms with van der Waals surface area (Å²) in [5.74, 6) is -0.931. The minimum absolute atomic E-state index is 0.197. The Labute approximate surface area is 168 Å². The number of methoxy groups -OCH3 is 1. The summed E-state index contributed by atoms with van der Waals surface area (Å²) < 4.78 is 16.8. The van der Waals surface area contributed by atoms with Gasteiger partial charge in [-0.15, -0.1) is 0 Å². The highest BCUT2D eigenvalue weighted by Crippen LogP contribution is 2.17. The molecule has 1 aromatic carbocycles. The Morgan fingerprint density at radius 3 is 2.38 bits per heavy atom. The number of benzene rings is 1. The number of ether oxygens (including phenoxy) is 3. The number of esters is 2. The first kappa shape index (κ1) is 21.7. The van der Waals surface area contributed by atoms with Gasteiger partial charge in [-0.3, -0.25) is 9.59 Å². The monoisotopic (exact) mass is 398 g/mol. The molecule has 0 saturated carbocycles. The molecule has 0 unspecified atom stereocenters. The van der Waals surface area contributed by atoms with Crippen LogP contribution in [0.3, 0.4) is 0 Å². The molecule has 29 heavy (non-hydrogen) atoms. The van der Waals surface area contributed by atoms with Crippen molar-refractivity contribution in [1.29, 1.82) is 5.26 Å². The Morgan fingerprint density at radius 2 is 1.76 bits per heavy atom. The number of Topliss-reactive ketones (excluding diaryl/α,β-unsaturated/α-hetero) is 1. The van der Waals surface area contributed by atoms with Gasteiger partial charge in [0.1, 0.15) is 5.75 Å². The summed E-state index contributed by atoms with van der Waals surface area (Å²) in [6, 6.07) is 9.97. The van der Waals surface area contributed by atoms with E-state index in [0.717, 1.165) is 5.69 Å². The van der Waals surface area contributed by atoms with Gasteiger partial charge < -0.3 is 18.8 Å². The Balaban J connectivity index is 1.87. The summed E-state index contributed by atoms with van der Waals surface area (Å²) in [7, 11) is 1.33. The first-order chi connectivity index (χ1) is 13.8. The Hall–Kier alpha value is -3.60. The van der Waals surface area contributed by atoms with Crippen molar-refractivity contribution >= 4 is 17.7 Å². The van der Waals surface area contributed by atoms with Crippen LogP contribution < -0.4 is 4.74 Å². The molecule has 0 N–H and O–H groups in total. The lowest BCUT2D eigenvalue weighted by Crippen LogP contribution is -2.20. The predicted octanol–water partition coefficient (Wildman–Crippen LogP) is 2.34. The molecule has 0 atom stereocenters. The second-order valence-corrected chi connectivity index (χ2v) is 6.27. The number of nitrogens with zero attached hydrogens (tertiary/aromatic N) is 2. The fourth-order valence-electron chi connectivity index (χ4n) is 2.77. The van der Waals surface area contributed by atoms with Gasteiger partial charge in [-0.05, 0) is 44.2 Å². The molecule has 1 heterocycles. The molecule has 8 heteroatoms. The molecule has 0 aliphatic carbocycles. The summed E-state index contributed by atoms with van der Waals surface area (Å²) in [4.78, 5) is 35.6. The van der Waals surface area contributed by atoms with Crippen LogP contribution in [-0.4, -0.2) is 42.6 Å². The molecule has 8 nitrogen and oxygen atoms in total. The largest absolute Gasteiger partial charge is 0.482 e. The van der Waals surface area contributed by atoms with Gasteiger partial charge in [0.05, 0.1) is 25.2 Å². The molecule has 0 spiro atoms. The van der Waals surface area contributed by atoms with Crippen LogP contribution in [-0.2, 0) is 25.6 Å². The van der Waals surface area contributed by atoms with Crippen LogP contribution in [0.15, 0.2) is 30.3 Å². The summed E-state index contributed by atoms with van der Waals surface area (Å²) >= 11 is 0. The molecule has 0 radical (unpaired) electrons. The molecule has 0 fully saturated rings. The first-order valence-corrected chi connectivity index (χ1v) is 8.91. The smallest absolute Gasteiger partial charge is 0.344 e. The molecule has 2 rings (SSSR count). The topological polar surface area (TPSA) is 108 Å². The SMILES string of the molecule is COC(=O)CCn1c(C)cc(C(=O)COC(=O)COc2ccc(C#N)cc2)c1C.